The zero-order valence-electron chi connectivity index (χ0n) is 10.8. The minimum atomic E-state index is 0.0719. The molecule has 2 nitrogen and oxygen atoms in total. The van der Waals surface area contributed by atoms with Gasteiger partial charge in [-0.2, -0.15) is 0 Å². The first-order valence-corrected chi connectivity index (χ1v) is 7.88. The van der Waals surface area contributed by atoms with E-state index in [1.54, 1.807) is 11.3 Å². The van der Waals surface area contributed by atoms with Gasteiger partial charge in [-0.1, -0.05) is 25.1 Å². The summed E-state index contributed by atoms with van der Waals surface area (Å²) in [7, 11) is 0. The predicted octanol–water partition coefficient (Wildman–Crippen LogP) is 3.99. The van der Waals surface area contributed by atoms with Crippen LogP contribution in [0.15, 0.2) is 29.6 Å². The van der Waals surface area contributed by atoms with E-state index in [-0.39, 0.29) is 11.3 Å². The molecule has 2 atom stereocenters. The molecule has 1 amide bonds. The Bertz CT molecular complexity index is 609. The van der Waals surface area contributed by atoms with Gasteiger partial charge < -0.3 is 4.90 Å². The Labute approximate surface area is 122 Å². The van der Waals surface area contributed by atoms with E-state index >= 15 is 0 Å². The Hall–Kier alpha value is -1.06. The number of rotatable bonds is 1. The molecule has 0 bridgehead atoms. The van der Waals surface area contributed by atoms with Crippen LogP contribution in [-0.2, 0) is 0 Å². The molecular formula is C15H16ClNOS. The lowest BCUT2D eigenvalue weighted by Gasteiger charge is -2.33. The third kappa shape index (κ3) is 2.37. The number of likely N-dealkylation sites (tertiary alicyclic amines) is 1. The van der Waals surface area contributed by atoms with E-state index in [1.165, 1.54) is 4.70 Å². The highest BCUT2D eigenvalue weighted by molar-refractivity contribution is 7.17. The van der Waals surface area contributed by atoms with Crippen molar-refractivity contribution in [2.24, 2.45) is 5.92 Å². The third-order valence-electron chi connectivity index (χ3n) is 3.87. The predicted molar refractivity (Wildman–Crippen MR) is 81.2 cm³/mol. The van der Waals surface area contributed by atoms with Gasteiger partial charge in [0, 0.05) is 28.6 Å². The SMILES string of the molecule is CC1CCN(C(=O)c2csc3ccccc23)CC1Cl. The van der Waals surface area contributed by atoms with Crippen molar-refractivity contribution in [3.05, 3.63) is 35.2 Å². The molecule has 2 unspecified atom stereocenters. The largest absolute Gasteiger partial charge is 0.337 e. The molecule has 1 fully saturated rings. The van der Waals surface area contributed by atoms with E-state index in [2.05, 4.69) is 13.0 Å². The normalized spacial score (nSPS) is 23.8. The minimum absolute atomic E-state index is 0.0719. The number of hydrogen-bond acceptors (Lipinski definition) is 2. The van der Waals surface area contributed by atoms with E-state index in [0.29, 0.717) is 12.5 Å². The Morgan fingerprint density at radius 2 is 2.21 bits per heavy atom. The Morgan fingerprint density at radius 3 is 3.00 bits per heavy atom. The first kappa shape index (κ1) is 12.9. The van der Waals surface area contributed by atoms with Crippen LogP contribution in [0.25, 0.3) is 10.1 Å². The fourth-order valence-corrected chi connectivity index (χ4v) is 3.75. The third-order valence-corrected chi connectivity index (χ3v) is 5.40. The second kappa shape index (κ2) is 5.14. The van der Waals surface area contributed by atoms with Crippen LogP contribution in [0.2, 0.25) is 0 Å². The number of benzene rings is 1. The average Bonchev–Trinajstić information content (AvgIpc) is 2.85. The standard InChI is InChI=1S/C15H16ClNOS/c1-10-6-7-17(8-13(10)16)15(18)12-9-19-14-5-3-2-4-11(12)14/h2-5,9-10,13H,6-8H2,1H3. The van der Waals surface area contributed by atoms with Crippen molar-refractivity contribution in [3.63, 3.8) is 0 Å². The average molecular weight is 294 g/mol. The highest BCUT2D eigenvalue weighted by Gasteiger charge is 2.28. The molecule has 0 aliphatic carbocycles. The van der Waals surface area contributed by atoms with Crippen molar-refractivity contribution in [3.8, 4) is 0 Å². The summed E-state index contributed by atoms with van der Waals surface area (Å²) in [5, 5.41) is 3.10. The van der Waals surface area contributed by atoms with Gasteiger partial charge in [0.2, 0.25) is 0 Å². The first-order valence-electron chi connectivity index (χ1n) is 6.56. The molecule has 1 aromatic carbocycles. The fraction of sp³-hybridized carbons (Fsp3) is 0.400. The topological polar surface area (TPSA) is 20.3 Å². The van der Waals surface area contributed by atoms with Crippen LogP contribution >= 0.6 is 22.9 Å². The summed E-state index contributed by atoms with van der Waals surface area (Å²) in [6.07, 6.45) is 0.988. The van der Waals surface area contributed by atoms with Gasteiger partial charge in [0.1, 0.15) is 0 Å². The second-order valence-corrected chi connectivity index (χ2v) is 6.65. The van der Waals surface area contributed by atoms with Gasteiger partial charge in [-0.05, 0) is 18.4 Å². The summed E-state index contributed by atoms with van der Waals surface area (Å²) in [5.41, 5.74) is 0.819. The second-order valence-electron chi connectivity index (χ2n) is 5.18. The molecule has 4 heteroatoms. The fourth-order valence-electron chi connectivity index (χ4n) is 2.52. The summed E-state index contributed by atoms with van der Waals surface area (Å²) in [5.74, 6) is 0.611. The van der Waals surface area contributed by atoms with Crippen LogP contribution in [0.5, 0.6) is 0 Å². The van der Waals surface area contributed by atoms with Crippen LogP contribution in [0, 0.1) is 5.92 Å². The summed E-state index contributed by atoms with van der Waals surface area (Å²) in [6.45, 7) is 3.62. The molecule has 0 radical (unpaired) electrons. The molecule has 2 aromatic rings. The van der Waals surface area contributed by atoms with E-state index in [0.717, 1.165) is 23.9 Å². The van der Waals surface area contributed by atoms with Crippen molar-refractivity contribution in [1.82, 2.24) is 4.90 Å². The zero-order chi connectivity index (χ0) is 13.4. The molecule has 0 N–H and O–H groups in total. The first-order chi connectivity index (χ1) is 9.16. The van der Waals surface area contributed by atoms with Gasteiger partial charge in [-0.25, -0.2) is 0 Å². The molecular weight excluding hydrogens is 278 g/mol. The highest BCUT2D eigenvalue weighted by Crippen LogP contribution is 2.29. The van der Waals surface area contributed by atoms with Crippen molar-refractivity contribution < 1.29 is 4.79 Å². The van der Waals surface area contributed by atoms with Gasteiger partial charge >= 0.3 is 0 Å². The van der Waals surface area contributed by atoms with Crippen molar-refractivity contribution in [1.29, 1.82) is 0 Å². The monoisotopic (exact) mass is 293 g/mol. The van der Waals surface area contributed by atoms with Gasteiger partial charge in [-0.3, -0.25) is 4.79 Å². The lowest BCUT2D eigenvalue weighted by atomic mass is 9.98. The Kier molecular flexibility index (Phi) is 3.50. The highest BCUT2D eigenvalue weighted by atomic mass is 35.5. The number of carbonyl (C=O) groups excluding carboxylic acids is 1. The molecule has 1 aromatic heterocycles. The van der Waals surface area contributed by atoms with Crippen LogP contribution in [0.4, 0.5) is 0 Å². The van der Waals surface area contributed by atoms with E-state index in [4.69, 9.17) is 11.6 Å². The Balaban J connectivity index is 1.88. The maximum Gasteiger partial charge on any atom is 0.255 e. The van der Waals surface area contributed by atoms with Crippen LogP contribution < -0.4 is 0 Å². The number of thiophene rings is 1. The molecule has 1 saturated heterocycles. The number of alkyl halides is 1. The number of amides is 1. The van der Waals surface area contributed by atoms with E-state index in [1.807, 2.05) is 28.5 Å². The molecule has 1 aliphatic heterocycles. The molecule has 2 heterocycles. The maximum absolute atomic E-state index is 12.6. The van der Waals surface area contributed by atoms with Crippen LogP contribution in [-0.4, -0.2) is 29.3 Å². The number of nitrogens with zero attached hydrogens (tertiary/aromatic N) is 1. The van der Waals surface area contributed by atoms with Gasteiger partial charge in [0.05, 0.1) is 10.9 Å². The summed E-state index contributed by atoms with van der Waals surface area (Å²) < 4.78 is 1.17. The van der Waals surface area contributed by atoms with Gasteiger partial charge in [-0.15, -0.1) is 22.9 Å². The van der Waals surface area contributed by atoms with E-state index < -0.39 is 0 Å². The maximum atomic E-state index is 12.6. The van der Waals surface area contributed by atoms with Crippen LogP contribution in [0.3, 0.4) is 0 Å². The smallest absolute Gasteiger partial charge is 0.255 e. The molecule has 1 aliphatic rings. The number of carbonyl (C=O) groups is 1. The number of fused-ring (bicyclic) bond motifs is 1. The zero-order valence-corrected chi connectivity index (χ0v) is 12.4. The summed E-state index contributed by atoms with van der Waals surface area (Å²) >= 11 is 7.92. The molecule has 100 valence electrons. The quantitative estimate of drug-likeness (QED) is 0.728. The number of hydrogen-bond donors (Lipinski definition) is 0. The van der Waals surface area contributed by atoms with Gasteiger partial charge in [0.15, 0.2) is 0 Å². The lowest BCUT2D eigenvalue weighted by molar-refractivity contribution is 0.0704. The van der Waals surface area contributed by atoms with Gasteiger partial charge in [0.25, 0.3) is 5.91 Å². The molecule has 0 saturated carbocycles. The van der Waals surface area contributed by atoms with Crippen LogP contribution in [0.1, 0.15) is 23.7 Å². The number of piperidine rings is 1. The number of halogens is 1. The lowest BCUT2D eigenvalue weighted by Crippen LogP contribution is -2.43. The van der Waals surface area contributed by atoms with Crippen molar-refractivity contribution in [2.75, 3.05) is 13.1 Å². The summed E-state index contributed by atoms with van der Waals surface area (Å²) in [6, 6.07) is 8.06. The molecule has 0 spiro atoms. The minimum Gasteiger partial charge on any atom is -0.337 e. The van der Waals surface area contributed by atoms with Crippen molar-refractivity contribution in [2.45, 2.75) is 18.7 Å². The molecule has 3 rings (SSSR count). The Morgan fingerprint density at radius 1 is 1.42 bits per heavy atom. The summed E-state index contributed by atoms with van der Waals surface area (Å²) in [4.78, 5) is 14.5. The van der Waals surface area contributed by atoms with Crippen molar-refractivity contribution >= 4 is 38.9 Å². The molecule has 19 heavy (non-hydrogen) atoms. The van der Waals surface area contributed by atoms with E-state index in [9.17, 15) is 4.79 Å².